The van der Waals surface area contributed by atoms with Gasteiger partial charge < -0.3 is 4.74 Å². The fourth-order valence-electron chi connectivity index (χ4n) is 1.41. The summed E-state index contributed by atoms with van der Waals surface area (Å²) in [5.74, 6) is 1.07. The summed E-state index contributed by atoms with van der Waals surface area (Å²) in [4.78, 5) is 4.29. The summed E-state index contributed by atoms with van der Waals surface area (Å²) >= 11 is 0. The van der Waals surface area contributed by atoms with E-state index in [0.717, 1.165) is 24.3 Å². The van der Waals surface area contributed by atoms with Gasteiger partial charge >= 0.3 is 0 Å². The Morgan fingerprint density at radius 2 is 2.18 bits per heavy atom. The molecule has 2 rings (SSSR count). The van der Waals surface area contributed by atoms with Crippen LogP contribution in [0, 0.1) is 0 Å². The largest absolute Gasteiger partial charge is 0.467 e. The predicted molar refractivity (Wildman–Crippen MR) is 44.2 cm³/mol. The molecule has 0 radical (unpaired) electrons. The number of hydrogen-bond acceptors (Lipinski definition) is 2. The molecule has 0 N–H and O–H groups in total. The number of ether oxygens (including phenoxy) is 1. The summed E-state index contributed by atoms with van der Waals surface area (Å²) in [6.45, 7) is 0. The van der Waals surface area contributed by atoms with Crippen LogP contribution in [0.15, 0.2) is 28.8 Å². The van der Waals surface area contributed by atoms with Gasteiger partial charge in [0, 0.05) is 12.6 Å². The van der Waals surface area contributed by atoms with E-state index >= 15 is 0 Å². The minimum Gasteiger partial charge on any atom is -0.467 e. The van der Waals surface area contributed by atoms with Crippen LogP contribution in [-0.2, 0) is 4.74 Å². The molecule has 0 saturated heterocycles. The number of rotatable bonds is 0. The summed E-state index contributed by atoms with van der Waals surface area (Å²) in [7, 11) is 0. The highest BCUT2D eigenvalue weighted by Gasteiger charge is 2.12. The Hall–Kier alpha value is -1.05. The van der Waals surface area contributed by atoms with Crippen molar-refractivity contribution in [3.8, 4) is 0 Å². The first-order valence-corrected chi connectivity index (χ1v) is 4.05. The van der Waals surface area contributed by atoms with E-state index in [0.29, 0.717) is 0 Å². The molecule has 1 heterocycles. The van der Waals surface area contributed by atoms with Gasteiger partial charge in [0.2, 0.25) is 0 Å². The van der Waals surface area contributed by atoms with Crippen LogP contribution in [0.2, 0.25) is 0 Å². The van der Waals surface area contributed by atoms with Gasteiger partial charge in [-0.1, -0.05) is 0 Å². The molecule has 2 aliphatic rings. The number of nitrogens with zero attached hydrogens (tertiary/aromatic N) is 1. The van der Waals surface area contributed by atoms with Crippen LogP contribution in [0.25, 0.3) is 0 Å². The highest BCUT2D eigenvalue weighted by atomic mass is 16.5. The Balaban J connectivity index is 2.26. The Kier molecular flexibility index (Phi) is 1.76. The van der Waals surface area contributed by atoms with E-state index in [9.17, 15) is 0 Å². The average molecular weight is 149 g/mol. The first-order chi connectivity index (χ1) is 5.47. The van der Waals surface area contributed by atoms with Crippen molar-refractivity contribution in [2.24, 2.45) is 4.99 Å². The molecule has 2 heteroatoms. The van der Waals surface area contributed by atoms with E-state index in [1.54, 1.807) is 12.5 Å². The summed E-state index contributed by atoms with van der Waals surface area (Å²) in [5, 5.41) is 0. The minimum absolute atomic E-state index is 1.05. The van der Waals surface area contributed by atoms with E-state index in [-0.39, 0.29) is 0 Å². The number of aliphatic imine (C=N–C) groups is 1. The van der Waals surface area contributed by atoms with E-state index in [1.807, 2.05) is 6.08 Å². The Labute approximate surface area is 66.3 Å². The smallest absolute Gasteiger partial charge is 0.125 e. The van der Waals surface area contributed by atoms with Crippen molar-refractivity contribution in [1.82, 2.24) is 0 Å². The highest BCUT2D eigenvalue weighted by Crippen LogP contribution is 2.27. The third kappa shape index (κ3) is 1.34. The van der Waals surface area contributed by atoms with Gasteiger partial charge in [-0.3, -0.25) is 4.99 Å². The summed E-state index contributed by atoms with van der Waals surface area (Å²) in [6.07, 6.45) is 9.95. The van der Waals surface area contributed by atoms with Crippen molar-refractivity contribution in [1.29, 1.82) is 0 Å². The van der Waals surface area contributed by atoms with E-state index < -0.39 is 0 Å². The monoisotopic (exact) mass is 149 g/mol. The molecule has 0 aromatic carbocycles. The van der Waals surface area contributed by atoms with Crippen molar-refractivity contribution < 1.29 is 4.74 Å². The topological polar surface area (TPSA) is 21.6 Å². The Bertz CT molecular complexity index is 238. The molecule has 0 atom stereocenters. The van der Waals surface area contributed by atoms with Gasteiger partial charge in [0.1, 0.15) is 5.76 Å². The first kappa shape index (κ1) is 6.65. The molecular formula is C9H11NO. The standard InChI is InChI=1S/C9H11NO/c1-2-5-9-8(4-1)10-6-3-7-11-9/h3,6-7H,1-2,4-5H2. The molecule has 2 nitrogen and oxygen atoms in total. The van der Waals surface area contributed by atoms with Crippen LogP contribution in [0.4, 0.5) is 0 Å². The van der Waals surface area contributed by atoms with Crippen molar-refractivity contribution in [2.45, 2.75) is 25.7 Å². The van der Waals surface area contributed by atoms with Crippen LogP contribution >= 0.6 is 0 Å². The molecule has 0 unspecified atom stereocenters. The third-order valence-electron chi connectivity index (χ3n) is 1.99. The van der Waals surface area contributed by atoms with E-state index in [2.05, 4.69) is 4.99 Å². The second kappa shape index (κ2) is 2.91. The molecule has 0 fully saturated rings. The van der Waals surface area contributed by atoms with Gasteiger partial charge in [-0.2, -0.15) is 0 Å². The van der Waals surface area contributed by atoms with Gasteiger partial charge in [-0.15, -0.1) is 0 Å². The lowest BCUT2D eigenvalue weighted by atomic mass is 10.0. The first-order valence-electron chi connectivity index (χ1n) is 4.05. The van der Waals surface area contributed by atoms with Gasteiger partial charge in [0.15, 0.2) is 0 Å². The molecule has 0 aromatic rings. The van der Waals surface area contributed by atoms with Crippen LogP contribution in [0.1, 0.15) is 25.7 Å². The molecule has 58 valence electrons. The minimum atomic E-state index is 1.05. The van der Waals surface area contributed by atoms with Crippen molar-refractivity contribution >= 4 is 6.21 Å². The summed E-state index contributed by atoms with van der Waals surface area (Å²) in [6, 6.07) is 0. The van der Waals surface area contributed by atoms with Gasteiger partial charge in [-0.05, 0) is 25.3 Å². The maximum atomic E-state index is 5.38. The van der Waals surface area contributed by atoms with Crippen LogP contribution < -0.4 is 0 Å². The van der Waals surface area contributed by atoms with Crippen molar-refractivity contribution in [3.05, 3.63) is 23.8 Å². The van der Waals surface area contributed by atoms with Crippen molar-refractivity contribution in [2.75, 3.05) is 0 Å². The molecule has 0 saturated carbocycles. The molecule has 11 heavy (non-hydrogen) atoms. The van der Waals surface area contributed by atoms with Gasteiger partial charge in [0.05, 0.1) is 12.0 Å². The molecule has 0 spiro atoms. The average Bonchev–Trinajstić information content (AvgIpc) is 2.28. The molecule has 1 aliphatic heterocycles. The lowest BCUT2D eigenvalue weighted by Gasteiger charge is -2.14. The van der Waals surface area contributed by atoms with Crippen LogP contribution in [-0.4, -0.2) is 6.21 Å². The summed E-state index contributed by atoms with van der Waals surface area (Å²) in [5.41, 5.74) is 1.14. The number of hydrogen-bond donors (Lipinski definition) is 0. The molecule has 1 aliphatic carbocycles. The third-order valence-corrected chi connectivity index (χ3v) is 1.99. The highest BCUT2D eigenvalue weighted by molar-refractivity contribution is 5.72. The molecule has 0 aromatic heterocycles. The van der Waals surface area contributed by atoms with Crippen LogP contribution in [0.3, 0.4) is 0 Å². The fraction of sp³-hybridized carbons (Fsp3) is 0.444. The normalized spacial score (nSPS) is 22.5. The van der Waals surface area contributed by atoms with Crippen molar-refractivity contribution in [3.63, 3.8) is 0 Å². The maximum Gasteiger partial charge on any atom is 0.125 e. The number of allylic oxidation sites excluding steroid dienone is 3. The van der Waals surface area contributed by atoms with Gasteiger partial charge in [0.25, 0.3) is 0 Å². The molecule has 0 bridgehead atoms. The van der Waals surface area contributed by atoms with E-state index in [4.69, 9.17) is 4.74 Å². The maximum absolute atomic E-state index is 5.38. The predicted octanol–water partition coefficient (Wildman–Crippen LogP) is 2.39. The molecule has 0 amide bonds. The SMILES string of the molecule is C1=COC2=C(CCCC2)N=C1. The Morgan fingerprint density at radius 3 is 3.18 bits per heavy atom. The van der Waals surface area contributed by atoms with Crippen LogP contribution in [0.5, 0.6) is 0 Å². The zero-order valence-electron chi connectivity index (χ0n) is 6.42. The Morgan fingerprint density at radius 1 is 1.27 bits per heavy atom. The molecular weight excluding hydrogens is 138 g/mol. The second-order valence-electron chi connectivity index (χ2n) is 2.80. The summed E-state index contributed by atoms with van der Waals surface area (Å²) < 4.78 is 5.38. The zero-order valence-corrected chi connectivity index (χ0v) is 6.42. The van der Waals surface area contributed by atoms with E-state index in [1.165, 1.54) is 12.8 Å². The lowest BCUT2D eigenvalue weighted by Crippen LogP contribution is -1.98. The zero-order chi connectivity index (χ0) is 7.52. The van der Waals surface area contributed by atoms with Gasteiger partial charge in [-0.25, -0.2) is 0 Å². The fourth-order valence-corrected chi connectivity index (χ4v) is 1.41. The second-order valence-corrected chi connectivity index (χ2v) is 2.80. The quantitative estimate of drug-likeness (QED) is 0.518. The lowest BCUT2D eigenvalue weighted by molar-refractivity contribution is 0.313.